The fourth-order valence-corrected chi connectivity index (χ4v) is 2.06. The molecular weight excluding hydrogens is 180 g/mol. The number of carbonyl (C=O) groups is 1. The number of piperidine rings is 1. The van der Waals surface area contributed by atoms with Crippen molar-refractivity contribution in [2.24, 2.45) is 11.3 Å². The number of rotatable bonds is 2. The molecule has 2 N–H and O–H groups in total. The van der Waals surface area contributed by atoms with Gasteiger partial charge >= 0.3 is 0 Å². The van der Waals surface area contributed by atoms with Gasteiger partial charge in [0.25, 0.3) is 5.91 Å². The summed E-state index contributed by atoms with van der Waals surface area (Å²) >= 11 is 0. The summed E-state index contributed by atoms with van der Waals surface area (Å²) in [7, 11) is 1.39. The van der Waals surface area contributed by atoms with Crippen molar-refractivity contribution in [3.05, 3.63) is 0 Å². The third-order valence-electron chi connectivity index (χ3n) is 3.16. The first-order valence-electron chi connectivity index (χ1n) is 5.14. The number of amides is 1. The highest BCUT2D eigenvalue weighted by molar-refractivity contribution is 5.81. The average Bonchev–Trinajstić information content (AvgIpc) is 2.18. The predicted octanol–water partition coefficient (Wildman–Crippen LogP) is 0.860. The molecule has 1 amide bonds. The molecule has 1 aliphatic rings. The van der Waals surface area contributed by atoms with E-state index in [1.807, 2.05) is 13.8 Å². The molecule has 0 aliphatic carbocycles. The van der Waals surface area contributed by atoms with Crippen LogP contribution >= 0.6 is 0 Å². The summed E-state index contributed by atoms with van der Waals surface area (Å²) in [6, 6.07) is 0. The monoisotopic (exact) mass is 200 g/mol. The van der Waals surface area contributed by atoms with Gasteiger partial charge in [0.15, 0.2) is 0 Å². The summed E-state index contributed by atoms with van der Waals surface area (Å²) in [5, 5.41) is 13.1. The molecule has 0 bridgehead atoms. The van der Waals surface area contributed by atoms with Crippen LogP contribution in [0.5, 0.6) is 0 Å². The van der Waals surface area contributed by atoms with Gasteiger partial charge in [0.2, 0.25) is 0 Å². The molecule has 1 atom stereocenters. The Hall–Kier alpha value is -0.610. The molecule has 0 aromatic carbocycles. The molecule has 82 valence electrons. The SMILES string of the molecule is CN(O)C(=O)C(C)(C)C1CCCNC1. The maximum Gasteiger partial charge on any atom is 0.251 e. The second-order valence-electron chi connectivity index (χ2n) is 4.59. The van der Waals surface area contributed by atoms with Crippen LogP contribution in [0.3, 0.4) is 0 Å². The molecule has 1 fully saturated rings. The van der Waals surface area contributed by atoms with Gasteiger partial charge in [0.05, 0.1) is 0 Å². The van der Waals surface area contributed by atoms with E-state index in [9.17, 15) is 4.79 Å². The molecule has 14 heavy (non-hydrogen) atoms. The van der Waals surface area contributed by atoms with Crippen molar-refractivity contribution in [1.82, 2.24) is 10.4 Å². The van der Waals surface area contributed by atoms with E-state index in [0.29, 0.717) is 11.0 Å². The van der Waals surface area contributed by atoms with Crippen LogP contribution in [0.25, 0.3) is 0 Å². The van der Waals surface area contributed by atoms with Crippen molar-refractivity contribution in [3.63, 3.8) is 0 Å². The molecule has 1 rings (SSSR count). The third-order valence-corrected chi connectivity index (χ3v) is 3.16. The number of hydroxylamine groups is 2. The highest BCUT2D eigenvalue weighted by atomic mass is 16.5. The van der Waals surface area contributed by atoms with E-state index in [4.69, 9.17) is 5.21 Å². The molecule has 1 unspecified atom stereocenters. The van der Waals surface area contributed by atoms with Gasteiger partial charge in [0.1, 0.15) is 0 Å². The minimum absolute atomic E-state index is 0.203. The van der Waals surface area contributed by atoms with Crippen molar-refractivity contribution in [1.29, 1.82) is 0 Å². The second-order valence-corrected chi connectivity index (χ2v) is 4.59. The zero-order chi connectivity index (χ0) is 10.8. The average molecular weight is 200 g/mol. The normalized spacial score (nSPS) is 23.3. The molecule has 0 aromatic rings. The standard InChI is InChI=1S/C10H20N2O2/c1-10(2,9(13)12(3)14)8-5-4-6-11-7-8/h8,11,14H,4-7H2,1-3H3. The first kappa shape index (κ1) is 11.5. The zero-order valence-electron chi connectivity index (χ0n) is 9.21. The van der Waals surface area contributed by atoms with E-state index < -0.39 is 5.41 Å². The number of nitrogens with one attached hydrogen (secondary N) is 1. The third kappa shape index (κ3) is 2.25. The fourth-order valence-electron chi connectivity index (χ4n) is 2.06. The minimum atomic E-state index is -0.475. The number of hydrogen-bond acceptors (Lipinski definition) is 3. The predicted molar refractivity (Wildman–Crippen MR) is 53.9 cm³/mol. The summed E-state index contributed by atoms with van der Waals surface area (Å²) < 4.78 is 0. The molecular formula is C10H20N2O2. The quantitative estimate of drug-likeness (QED) is 0.513. The van der Waals surface area contributed by atoms with Gasteiger partial charge in [-0.1, -0.05) is 13.8 Å². The highest BCUT2D eigenvalue weighted by Crippen LogP contribution is 2.32. The lowest BCUT2D eigenvalue weighted by molar-refractivity contribution is -0.173. The highest BCUT2D eigenvalue weighted by Gasteiger charge is 2.38. The Bertz CT molecular complexity index is 208. The molecule has 4 heteroatoms. The van der Waals surface area contributed by atoms with E-state index in [0.717, 1.165) is 25.9 Å². The van der Waals surface area contributed by atoms with E-state index in [2.05, 4.69) is 5.32 Å². The summed E-state index contributed by atoms with van der Waals surface area (Å²) in [4.78, 5) is 11.7. The number of hydrogen-bond donors (Lipinski definition) is 2. The molecule has 4 nitrogen and oxygen atoms in total. The first-order valence-corrected chi connectivity index (χ1v) is 5.14. The maximum atomic E-state index is 11.7. The van der Waals surface area contributed by atoms with E-state index in [1.165, 1.54) is 7.05 Å². The lowest BCUT2D eigenvalue weighted by atomic mass is 9.74. The van der Waals surface area contributed by atoms with Crippen LogP contribution in [-0.2, 0) is 4.79 Å². The fraction of sp³-hybridized carbons (Fsp3) is 0.900. The van der Waals surface area contributed by atoms with Crippen molar-refractivity contribution in [2.75, 3.05) is 20.1 Å². The van der Waals surface area contributed by atoms with Crippen LogP contribution < -0.4 is 5.32 Å². The van der Waals surface area contributed by atoms with Gasteiger partial charge in [-0.2, -0.15) is 0 Å². The van der Waals surface area contributed by atoms with Crippen LogP contribution in [0.2, 0.25) is 0 Å². The Balaban J connectivity index is 2.66. The summed E-state index contributed by atoms with van der Waals surface area (Å²) in [6.07, 6.45) is 2.16. The maximum absolute atomic E-state index is 11.7. The van der Waals surface area contributed by atoms with Crippen LogP contribution in [0.15, 0.2) is 0 Å². The summed E-state index contributed by atoms with van der Waals surface area (Å²) in [5.41, 5.74) is -0.475. The van der Waals surface area contributed by atoms with Gasteiger partial charge in [-0.3, -0.25) is 10.0 Å². The lowest BCUT2D eigenvalue weighted by Gasteiger charge is -2.36. The van der Waals surface area contributed by atoms with Gasteiger partial charge in [-0.05, 0) is 31.8 Å². The summed E-state index contributed by atoms with van der Waals surface area (Å²) in [5.74, 6) is 0.115. The largest absolute Gasteiger partial charge is 0.316 e. The van der Waals surface area contributed by atoms with Crippen molar-refractivity contribution < 1.29 is 10.0 Å². The van der Waals surface area contributed by atoms with E-state index in [1.54, 1.807) is 0 Å². The van der Waals surface area contributed by atoms with Gasteiger partial charge in [0, 0.05) is 12.5 Å². The molecule has 0 saturated carbocycles. The lowest BCUT2D eigenvalue weighted by Crippen LogP contribution is -2.47. The molecule has 1 saturated heterocycles. The number of carbonyl (C=O) groups excluding carboxylic acids is 1. The van der Waals surface area contributed by atoms with Crippen LogP contribution in [0.4, 0.5) is 0 Å². The number of nitrogens with zero attached hydrogens (tertiary/aromatic N) is 1. The second kappa shape index (κ2) is 4.28. The zero-order valence-corrected chi connectivity index (χ0v) is 9.21. The van der Waals surface area contributed by atoms with E-state index in [-0.39, 0.29) is 5.91 Å². The van der Waals surface area contributed by atoms with Gasteiger partial charge < -0.3 is 5.32 Å². The van der Waals surface area contributed by atoms with Crippen molar-refractivity contribution in [2.45, 2.75) is 26.7 Å². The van der Waals surface area contributed by atoms with Crippen LogP contribution in [0, 0.1) is 11.3 Å². The van der Waals surface area contributed by atoms with Crippen molar-refractivity contribution >= 4 is 5.91 Å². The Morgan fingerprint density at radius 2 is 2.21 bits per heavy atom. The van der Waals surface area contributed by atoms with Crippen LogP contribution in [0.1, 0.15) is 26.7 Å². The van der Waals surface area contributed by atoms with E-state index >= 15 is 0 Å². The Kier molecular flexibility index (Phi) is 3.50. The van der Waals surface area contributed by atoms with Gasteiger partial charge in [-0.25, -0.2) is 5.06 Å². The topological polar surface area (TPSA) is 52.6 Å². The molecule has 1 aliphatic heterocycles. The Morgan fingerprint density at radius 1 is 1.57 bits per heavy atom. The summed E-state index contributed by atoms with van der Waals surface area (Å²) in [6.45, 7) is 5.71. The first-order chi connectivity index (χ1) is 6.46. The molecule has 1 heterocycles. The van der Waals surface area contributed by atoms with Crippen LogP contribution in [-0.4, -0.2) is 36.3 Å². The Morgan fingerprint density at radius 3 is 2.64 bits per heavy atom. The molecule has 0 radical (unpaired) electrons. The Labute approximate surface area is 85.2 Å². The van der Waals surface area contributed by atoms with Gasteiger partial charge in [-0.15, -0.1) is 0 Å². The minimum Gasteiger partial charge on any atom is -0.316 e. The molecule has 0 spiro atoms. The molecule has 0 aromatic heterocycles. The van der Waals surface area contributed by atoms with Crippen molar-refractivity contribution in [3.8, 4) is 0 Å². The smallest absolute Gasteiger partial charge is 0.251 e.